The number of nitrogens with zero attached hydrogens (tertiary/aromatic N) is 2. The first-order chi connectivity index (χ1) is 16.8. The van der Waals surface area contributed by atoms with Crippen molar-refractivity contribution in [2.45, 2.75) is 43.1 Å². The molecule has 37 heavy (non-hydrogen) atoms. The monoisotopic (exact) mass is 541 g/mol. The van der Waals surface area contributed by atoms with Crippen LogP contribution in [0.4, 0.5) is 39.5 Å². The van der Waals surface area contributed by atoms with Gasteiger partial charge in [0.2, 0.25) is 5.60 Å². The molecule has 1 fully saturated rings. The van der Waals surface area contributed by atoms with Crippen molar-refractivity contribution in [3.63, 3.8) is 0 Å². The largest absolute Gasteiger partial charge is 0.428 e. The number of hydroxylamine groups is 1. The zero-order valence-corrected chi connectivity index (χ0v) is 19.2. The van der Waals surface area contributed by atoms with Gasteiger partial charge in [0.25, 0.3) is 0 Å². The molecule has 1 atom stereocenters. The van der Waals surface area contributed by atoms with Gasteiger partial charge in [0.15, 0.2) is 17.3 Å². The molecule has 0 aliphatic carbocycles. The topological polar surface area (TPSA) is 57.6 Å². The lowest BCUT2D eigenvalue weighted by Crippen LogP contribution is -2.60. The number of hydrogen-bond donors (Lipinski definition) is 2. The first-order valence-electron chi connectivity index (χ1n) is 10.8. The highest BCUT2D eigenvalue weighted by atomic mass is 19.4. The first-order valence-corrected chi connectivity index (χ1v) is 10.8. The Hall–Kier alpha value is -2.84. The van der Waals surface area contributed by atoms with Crippen LogP contribution in [-0.4, -0.2) is 46.4 Å². The summed E-state index contributed by atoms with van der Waals surface area (Å²) in [4.78, 5) is 10.3. The normalized spacial score (nSPS) is 22.4. The van der Waals surface area contributed by atoms with Crippen LogP contribution in [0.5, 0.6) is 0 Å². The summed E-state index contributed by atoms with van der Waals surface area (Å²) in [7, 11) is 0. The Balaban J connectivity index is 1.65. The number of alkyl halides is 7. The van der Waals surface area contributed by atoms with Crippen molar-refractivity contribution in [3.05, 3.63) is 70.6 Å². The molecular weight excluding hydrogens is 521 g/mol. The predicted octanol–water partition coefficient (Wildman–Crippen LogP) is 4.96. The smallest absolute Gasteiger partial charge is 0.389 e. The van der Waals surface area contributed by atoms with Gasteiger partial charge in [0.1, 0.15) is 0 Å². The van der Waals surface area contributed by atoms with Crippen molar-refractivity contribution in [2.75, 3.05) is 19.6 Å². The summed E-state index contributed by atoms with van der Waals surface area (Å²) >= 11 is 0. The molecule has 1 aromatic carbocycles. The number of nitrogens with one attached hydrogen (secondary N) is 1. The number of pyridine rings is 1. The van der Waals surface area contributed by atoms with Gasteiger partial charge in [-0.15, -0.1) is 0 Å². The maximum atomic E-state index is 15.1. The molecule has 5 nitrogen and oxygen atoms in total. The number of benzene rings is 1. The zero-order chi connectivity index (χ0) is 27.6. The van der Waals surface area contributed by atoms with Crippen LogP contribution in [0.1, 0.15) is 36.2 Å². The van der Waals surface area contributed by atoms with Crippen molar-refractivity contribution >= 4 is 5.70 Å². The highest BCUT2D eigenvalue weighted by Crippen LogP contribution is 2.49. The Morgan fingerprint density at radius 1 is 1.08 bits per heavy atom. The minimum atomic E-state index is -5.47. The van der Waals surface area contributed by atoms with E-state index in [1.807, 2.05) is 5.48 Å². The summed E-state index contributed by atoms with van der Waals surface area (Å²) in [6, 6.07) is 2.26. The van der Waals surface area contributed by atoms with E-state index >= 15 is 4.39 Å². The molecule has 2 N–H and O–H groups in total. The van der Waals surface area contributed by atoms with E-state index in [-0.39, 0.29) is 48.7 Å². The van der Waals surface area contributed by atoms with E-state index in [2.05, 4.69) is 9.82 Å². The van der Waals surface area contributed by atoms with Crippen LogP contribution in [0.15, 0.2) is 36.5 Å². The maximum absolute atomic E-state index is 15.1. The molecule has 2 aliphatic rings. The summed E-state index contributed by atoms with van der Waals surface area (Å²) in [5, 5.41) is 9.84. The molecule has 4 rings (SSSR count). The Kier molecular flexibility index (Phi) is 6.32. The minimum Gasteiger partial charge on any atom is -0.389 e. The molecule has 1 aromatic heterocycles. The lowest BCUT2D eigenvalue weighted by atomic mass is 9.89. The van der Waals surface area contributed by atoms with Gasteiger partial charge in [-0.1, -0.05) is 0 Å². The van der Waals surface area contributed by atoms with Crippen LogP contribution in [-0.2, 0) is 22.3 Å². The Morgan fingerprint density at radius 2 is 1.73 bits per heavy atom. The van der Waals surface area contributed by atoms with Crippen LogP contribution >= 0.6 is 0 Å². The Bertz CT molecular complexity index is 1210. The molecule has 202 valence electrons. The Morgan fingerprint density at radius 3 is 2.24 bits per heavy atom. The number of β-amino-alcohol motifs (C(OH)–C–C–N with tert-alkyl or cyclic N) is 1. The summed E-state index contributed by atoms with van der Waals surface area (Å²) in [5.74, 6) is -4.49. The van der Waals surface area contributed by atoms with Crippen LogP contribution in [0.3, 0.4) is 0 Å². The van der Waals surface area contributed by atoms with Crippen LogP contribution in [0, 0.1) is 11.6 Å². The minimum absolute atomic E-state index is 0.0136. The van der Waals surface area contributed by atoms with E-state index in [9.17, 15) is 40.2 Å². The fraction of sp³-hybridized carbons (Fsp3) is 0.435. The zero-order valence-electron chi connectivity index (χ0n) is 19.2. The molecule has 0 spiro atoms. The number of halogens is 9. The summed E-state index contributed by atoms with van der Waals surface area (Å²) < 4.78 is 124. The highest BCUT2D eigenvalue weighted by molar-refractivity contribution is 5.66. The number of likely N-dealkylation sites (tertiary alicyclic amines) is 1. The third-order valence-corrected chi connectivity index (χ3v) is 5.95. The van der Waals surface area contributed by atoms with E-state index in [1.165, 1.54) is 12.1 Å². The van der Waals surface area contributed by atoms with Gasteiger partial charge in [-0.3, -0.25) is 20.2 Å². The van der Waals surface area contributed by atoms with Crippen LogP contribution < -0.4 is 5.48 Å². The summed E-state index contributed by atoms with van der Waals surface area (Å²) in [5.41, 5.74) is -8.55. The standard InChI is InChI=1S/C23H20F9N3O2/c1-19(2,36)9-35-10-20(26,11-35)17-4-3-12(8-33-17)16-7-21(37-34-16,23(30,31)32)13-5-14(22(27,28)29)18(25)15(24)6-13/h3-8,34,36H,9-11H2,1-2H3. The van der Waals surface area contributed by atoms with Crippen molar-refractivity contribution in [1.82, 2.24) is 15.4 Å². The van der Waals surface area contributed by atoms with Crippen LogP contribution in [0.25, 0.3) is 5.70 Å². The number of rotatable bonds is 5. The van der Waals surface area contributed by atoms with Crippen molar-refractivity contribution in [2.24, 2.45) is 0 Å². The first kappa shape index (κ1) is 27.2. The quantitative estimate of drug-likeness (QED) is 0.525. The fourth-order valence-corrected chi connectivity index (χ4v) is 4.30. The van der Waals surface area contributed by atoms with Crippen LogP contribution in [0.2, 0.25) is 0 Å². The SMILES string of the molecule is CC(C)(O)CN1CC(F)(c2ccc(C3=CC(c4cc(F)c(F)c(C(F)(F)F)c4)(C(F)(F)F)ON3)cn2)C1. The lowest BCUT2D eigenvalue weighted by molar-refractivity contribution is -0.269. The van der Waals surface area contributed by atoms with Crippen molar-refractivity contribution in [1.29, 1.82) is 0 Å². The van der Waals surface area contributed by atoms with Crippen molar-refractivity contribution in [3.8, 4) is 0 Å². The molecule has 14 heteroatoms. The number of aliphatic hydroxyl groups is 1. The predicted molar refractivity (Wildman–Crippen MR) is 111 cm³/mol. The van der Waals surface area contributed by atoms with Gasteiger partial charge in [-0.05, 0) is 44.2 Å². The number of hydrogen-bond acceptors (Lipinski definition) is 5. The average molecular weight is 541 g/mol. The number of aromatic nitrogens is 1. The molecule has 2 aliphatic heterocycles. The molecular formula is C23H20F9N3O2. The molecule has 0 bridgehead atoms. The lowest BCUT2D eigenvalue weighted by Gasteiger charge is -2.46. The van der Waals surface area contributed by atoms with Gasteiger partial charge in [0, 0.05) is 37.0 Å². The van der Waals surface area contributed by atoms with Gasteiger partial charge in [0.05, 0.1) is 22.6 Å². The van der Waals surface area contributed by atoms with Gasteiger partial charge < -0.3 is 5.11 Å². The summed E-state index contributed by atoms with van der Waals surface area (Å²) in [6.07, 6.45) is -9.47. The third-order valence-electron chi connectivity index (χ3n) is 5.95. The molecule has 1 saturated heterocycles. The Labute approximate surface area is 204 Å². The maximum Gasteiger partial charge on any atom is 0.428 e. The molecule has 1 unspecified atom stereocenters. The van der Waals surface area contributed by atoms with E-state index in [1.54, 1.807) is 18.7 Å². The van der Waals surface area contributed by atoms with E-state index < -0.39 is 52.0 Å². The molecule has 0 saturated carbocycles. The third kappa shape index (κ3) is 5.01. The summed E-state index contributed by atoms with van der Waals surface area (Å²) in [6.45, 7) is 3.21. The second-order valence-corrected chi connectivity index (χ2v) is 9.67. The van der Waals surface area contributed by atoms with E-state index in [4.69, 9.17) is 0 Å². The second kappa shape index (κ2) is 8.60. The average Bonchev–Trinajstić information content (AvgIpc) is 3.19. The fourth-order valence-electron chi connectivity index (χ4n) is 4.30. The molecule has 2 aromatic rings. The second-order valence-electron chi connectivity index (χ2n) is 9.67. The molecule has 0 amide bonds. The van der Waals surface area contributed by atoms with E-state index in [0.29, 0.717) is 6.08 Å². The highest BCUT2D eigenvalue weighted by Gasteiger charge is 2.60. The van der Waals surface area contributed by atoms with Gasteiger partial charge in [-0.2, -0.15) is 26.3 Å². The van der Waals surface area contributed by atoms with Gasteiger partial charge >= 0.3 is 12.4 Å². The van der Waals surface area contributed by atoms with Gasteiger partial charge in [-0.25, -0.2) is 13.2 Å². The van der Waals surface area contributed by atoms with E-state index in [0.717, 1.165) is 6.20 Å². The molecule has 0 radical (unpaired) electrons. The molecule has 3 heterocycles. The van der Waals surface area contributed by atoms with Crippen molar-refractivity contribution < 1.29 is 49.5 Å².